The van der Waals surface area contributed by atoms with Gasteiger partial charge in [-0.25, -0.2) is 13.6 Å². The summed E-state index contributed by atoms with van der Waals surface area (Å²) in [6.45, 7) is 2.94. The number of nitrogens with one attached hydrogen (secondary N) is 1. The summed E-state index contributed by atoms with van der Waals surface area (Å²) in [5.41, 5.74) is 0.683. The quantitative estimate of drug-likeness (QED) is 0.862. The van der Waals surface area contributed by atoms with E-state index in [2.05, 4.69) is 17.2 Å². The van der Waals surface area contributed by atoms with Crippen molar-refractivity contribution >= 4 is 32.6 Å². The fourth-order valence-electron chi connectivity index (χ4n) is 1.51. The monoisotopic (exact) mass is 285 g/mol. The van der Waals surface area contributed by atoms with Gasteiger partial charge in [-0.15, -0.1) is 0 Å². The predicted molar refractivity (Wildman–Crippen MR) is 75.4 cm³/mol. The molecule has 0 saturated heterocycles. The lowest BCUT2D eigenvalue weighted by Crippen LogP contribution is -2.19. The summed E-state index contributed by atoms with van der Waals surface area (Å²) < 4.78 is 22.5. The number of nitrogens with zero attached hydrogens (tertiary/aromatic N) is 1. The van der Waals surface area contributed by atoms with Crippen molar-refractivity contribution in [2.45, 2.75) is 11.8 Å². The molecule has 7 heteroatoms. The molecule has 0 saturated carbocycles. The van der Waals surface area contributed by atoms with Gasteiger partial charge in [0.1, 0.15) is 0 Å². The van der Waals surface area contributed by atoms with Crippen molar-refractivity contribution < 1.29 is 8.42 Å². The van der Waals surface area contributed by atoms with Crippen molar-refractivity contribution in [1.82, 2.24) is 0 Å². The van der Waals surface area contributed by atoms with E-state index in [1.165, 1.54) is 12.1 Å². The molecular formula is C11H15N3O2S2. The summed E-state index contributed by atoms with van der Waals surface area (Å²) in [7, 11) is -3.66. The molecule has 1 aromatic carbocycles. The molecule has 1 aliphatic heterocycles. The Kier molecular flexibility index (Phi) is 3.94. The second-order valence-corrected chi connectivity index (χ2v) is 6.83. The van der Waals surface area contributed by atoms with Gasteiger partial charge in [-0.1, -0.05) is 24.8 Å². The molecule has 5 nitrogen and oxygen atoms in total. The molecule has 0 fully saturated rings. The van der Waals surface area contributed by atoms with Crippen LogP contribution in [0.3, 0.4) is 0 Å². The first-order valence-corrected chi connectivity index (χ1v) is 8.05. The van der Waals surface area contributed by atoms with Gasteiger partial charge in [0.25, 0.3) is 0 Å². The molecule has 1 unspecified atom stereocenters. The number of nitrogens with two attached hydrogens (primary N) is 1. The van der Waals surface area contributed by atoms with Gasteiger partial charge in [-0.3, -0.25) is 4.99 Å². The number of benzene rings is 1. The molecule has 0 amide bonds. The first-order chi connectivity index (χ1) is 8.45. The Morgan fingerprint density at radius 1 is 1.50 bits per heavy atom. The third-order valence-electron chi connectivity index (χ3n) is 2.46. The summed E-state index contributed by atoms with van der Waals surface area (Å²) >= 11 is 1.64. The van der Waals surface area contributed by atoms with E-state index in [0.29, 0.717) is 11.6 Å². The molecule has 1 atom stereocenters. The Morgan fingerprint density at radius 2 is 2.28 bits per heavy atom. The molecule has 18 heavy (non-hydrogen) atoms. The van der Waals surface area contributed by atoms with E-state index in [0.717, 1.165) is 17.5 Å². The van der Waals surface area contributed by atoms with Gasteiger partial charge in [0.2, 0.25) is 10.0 Å². The van der Waals surface area contributed by atoms with Gasteiger partial charge in [0.15, 0.2) is 5.17 Å². The number of hydrogen-bond donors (Lipinski definition) is 2. The molecule has 1 aliphatic rings. The van der Waals surface area contributed by atoms with Crippen LogP contribution in [0.5, 0.6) is 0 Å². The number of amidine groups is 1. The van der Waals surface area contributed by atoms with Gasteiger partial charge < -0.3 is 5.32 Å². The van der Waals surface area contributed by atoms with Crippen molar-refractivity contribution in [1.29, 1.82) is 0 Å². The fraction of sp³-hybridized carbons (Fsp3) is 0.364. The van der Waals surface area contributed by atoms with E-state index in [1.807, 2.05) is 0 Å². The number of rotatable bonds is 2. The van der Waals surface area contributed by atoms with Crippen LogP contribution in [0.4, 0.5) is 5.69 Å². The van der Waals surface area contributed by atoms with Crippen molar-refractivity contribution in [3.05, 3.63) is 24.3 Å². The Hall–Kier alpha value is -1.05. The number of hydrogen-bond acceptors (Lipinski definition) is 5. The number of aliphatic imine (C=N–C) groups is 1. The molecule has 1 aromatic rings. The molecule has 0 aromatic heterocycles. The minimum Gasteiger partial charge on any atom is -0.335 e. The highest BCUT2D eigenvalue weighted by Gasteiger charge is 2.13. The van der Waals surface area contributed by atoms with Crippen LogP contribution in [0, 0.1) is 5.92 Å². The highest BCUT2D eigenvalue weighted by molar-refractivity contribution is 8.14. The third-order valence-corrected chi connectivity index (χ3v) is 4.62. The summed E-state index contributed by atoms with van der Waals surface area (Å²) in [5.74, 6) is 1.59. The standard InChI is InChI=1S/C11H15N3O2S2/c1-8-6-13-11(17-7-8)14-9-3-2-4-10(5-9)18(12,15)16/h2-5,8H,6-7H2,1H3,(H,13,14)(H2,12,15,16). The Labute approximate surface area is 111 Å². The minimum absolute atomic E-state index is 0.0993. The van der Waals surface area contributed by atoms with Crippen LogP contribution < -0.4 is 10.5 Å². The topological polar surface area (TPSA) is 84.5 Å². The van der Waals surface area contributed by atoms with E-state index >= 15 is 0 Å². The second-order valence-electron chi connectivity index (χ2n) is 4.26. The van der Waals surface area contributed by atoms with Crippen LogP contribution >= 0.6 is 11.8 Å². The van der Waals surface area contributed by atoms with Crippen LogP contribution in [0.1, 0.15) is 6.92 Å². The van der Waals surface area contributed by atoms with Crippen molar-refractivity contribution in [2.24, 2.45) is 16.0 Å². The summed E-state index contributed by atoms with van der Waals surface area (Å²) in [6, 6.07) is 6.42. The molecule has 1 heterocycles. The normalized spacial score (nSPS) is 20.3. The van der Waals surface area contributed by atoms with Crippen LogP contribution in [-0.2, 0) is 10.0 Å². The number of sulfonamides is 1. The molecule has 3 N–H and O–H groups in total. The van der Waals surface area contributed by atoms with Crippen molar-refractivity contribution in [3.63, 3.8) is 0 Å². The molecule has 98 valence electrons. The largest absolute Gasteiger partial charge is 0.335 e. The first kappa shape index (κ1) is 13.4. The smallest absolute Gasteiger partial charge is 0.238 e. The molecule has 0 bridgehead atoms. The van der Waals surface area contributed by atoms with Crippen LogP contribution in [0.15, 0.2) is 34.2 Å². The highest BCUT2D eigenvalue weighted by Crippen LogP contribution is 2.20. The van der Waals surface area contributed by atoms with Crippen LogP contribution in [0.25, 0.3) is 0 Å². The van der Waals surface area contributed by atoms with Crippen molar-refractivity contribution in [3.8, 4) is 0 Å². The van der Waals surface area contributed by atoms with Gasteiger partial charge in [-0.2, -0.15) is 0 Å². The summed E-state index contributed by atoms with van der Waals surface area (Å²) in [6.07, 6.45) is 0. The fourth-order valence-corrected chi connectivity index (χ4v) is 2.97. The SMILES string of the molecule is CC1CN=C(Nc2cccc(S(N)(=O)=O)c2)SC1. The lowest BCUT2D eigenvalue weighted by molar-refractivity contribution is 0.598. The molecular weight excluding hydrogens is 270 g/mol. The first-order valence-electron chi connectivity index (χ1n) is 5.52. The maximum atomic E-state index is 11.2. The molecule has 0 aliphatic carbocycles. The highest BCUT2D eigenvalue weighted by atomic mass is 32.2. The van der Waals surface area contributed by atoms with E-state index in [1.54, 1.807) is 23.9 Å². The average Bonchev–Trinajstić information content (AvgIpc) is 2.31. The van der Waals surface area contributed by atoms with E-state index in [4.69, 9.17) is 5.14 Å². The zero-order chi connectivity index (χ0) is 13.2. The number of anilines is 1. The number of thioether (sulfide) groups is 1. The predicted octanol–water partition coefficient (Wildman–Crippen LogP) is 1.48. The van der Waals surface area contributed by atoms with Gasteiger partial charge in [0, 0.05) is 18.0 Å². The Balaban J connectivity index is 2.15. The zero-order valence-electron chi connectivity index (χ0n) is 9.96. The third kappa shape index (κ3) is 3.47. The zero-order valence-corrected chi connectivity index (χ0v) is 11.6. The van der Waals surface area contributed by atoms with Crippen molar-refractivity contribution in [2.75, 3.05) is 17.6 Å². The molecule has 2 rings (SSSR count). The Bertz CT molecular complexity index is 569. The average molecular weight is 285 g/mol. The van der Waals surface area contributed by atoms with E-state index in [-0.39, 0.29) is 4.90 Å². The number of primary sulfonamides is 1. The maximum absolute atomic E-state index is 11.2. The van der Waals surface area contributed by atoms with Crippen LogP contribution in [-0.4, -0.2) is 25.9 Å². The lowest BCUT2D eigenvalue weighted by Gasteiger charge is -2.18. The lowest BCUT2D eigenvalue weighted by atomic mass is 10.2. The molecule has 0 radical (unpaired) electrons. The van der Waals surface area contributed by atoms with E-state index in [9.17, 15) is 8.42 Å². The van der Waals surface area contributed by atoms with Gasteiger partial charge in [-0.05, 0) is 24.1 Å². The second kappa shape index (κ2) is 5.29. The Morgan fingerprint density at radius 3 is 2.89 bits per heavy atom. The van der Waals surface area contributed by atoms with E-state index < -0.39 is 10.0 Å². The van der Waals surface area contributed by atoms with Gasteiger partial charge >= 0.3 is 0 Å². The summed E-state index contributed by atoms with van der Waals surface area (Å²) in [5, 5.41) is 9.01. The van der Waals surface area contributed by atoms with Crippen LogP contribution in [0.2, 0.25) is 0 Å². The summed E-state index contributed by atoms with van der Waals surface area (Å²) in [4.78, 5) is 4.48. The molecule has 0 spiro atoms. The van der Waals surface area contributed by atoms with Gasteiger partial charge in [0.05, 0.1) is 4.90 Å². The maximum Gasteiger partial charge on any atom is 0.238 e. The minimum atomic E-state index is -3.66.